The van der Waals surface area contributed by atoms with Crippen LogP contribution < -0.4 is 0 Å². The van der Waals surface area contributed by atoms with E-state index in [2.05, 4.69) is 4.90 Å². The van der Waals surface area contributed by atoms with Gasteiger partial charge in [-0.1, -0.05) is 0 Å². The van der Waals surface area contributed by atoms with Crippen molar-refractivity contribution in [2.75, 3.05) is 47.5 Å². The molecule has 178 valence electrons. The van der Waals surface area contributed by atoms with Crippen LogP contribution in [-0.2, 0) is 25.7 Å². The minimum Gasteiger partial charge on any atom is -0.383 e. The lowest BCUT2D eigenvalue weighted by atomic mass is 9.93. The monoisotopic (exact) mass is 466 g/mol. The van der Waals surface area contributed by atoms with Gasteiger partial charge in [-0.2, -0.15) is 17.5 Å². The van der Waals surface area contributed by atoms with Gasteiger partial charge in [-0.25, -0.2) is 8.42 Å². The van der Waals surface area contributed by atoms with E-state index in [4.69, 9.17) is 9.47 Å². The Hall–Kier alpha value is -1.20. The molecule has 0 radical (unpaired) electrons. The molecule has 1 aromatic carbocycles. The van der Waals surface area contributed by atoms with E-state index in [1.54, 1.807) is 7.11 Å². The fourth-order valence-electron chi connectivity index (χ4n) is 3.70. The van der Waals surface area contributed by atoms with Crippen LogP contribution in [0.4, 0.5) is 13.2 Å². The lowest BCUT2D eigenvalue weighted by molar-refractivity contribution is -0.137. The van der Waals surface area contributed by atoms with Gasteiger partial charge < -0.3 is 14.4 Å². The second-order valence-corrected chi connectivity index (χ2v) is 9.99. The second kappa shape index (κ2) is 11.6. The first-order valence-corrected chi connectivity index (χ1v) is 11.9. The highest BCUT2D eigenvalue weighted by molar-refractivity contribution is 7.89. The van der Waals surface area contributed by atoms with Crippen LogP contribution in [0.2, 0.25) is 0 Å². The van der Waals surface area contributed by atoms with E-state index >= 15 is 0 Å². The normalized spacial score (nSPS) is 20.5. The van der Waals surface area contributed by atoms with Crippen molar-refractivity contribution in [3.8, 4) is 0 Å². The predicted octanol–water partition coefficient (Wildman–Crippen LogP) is 3.62. The molecule has 0 aromatic heterocycles. The number of methoxy groups -OCH3 is 1. The Labute approximate surface area is 183 Å². The van der Waals surface area contributed by atoms with Crippen molar-refractivity contribution >= 4 is 10.0 Å². The molecule has 1 aliphatic carbocycles. The number of hydrogen-bond donors (Lipinski definition) is 0. The first-order valence-electron chi connectivity index (χ1n) is 10.5. The summed E-state index contributed by atoms with van der Waals surface area (Å²) in [5, 5.41) is 0. The second-order valence-electron chi connectivity index (χ2n) is 7.99. The van der Waals surface area contributed by atoms with Crippen LogP contribution in [0.1, 0.15) is 37.7 Å². The molecule has 1 fully saturated rings. The standard InChI is InChI=1S/C21H33F3N2O4S/c1-25(14-16-29-3)13-4-15-30-19-9-7-18(8-10-19)26(2)31(27,28)20-11-5-17(6-12-20)21(22,23)24/h5-6,11-12,18-19H,4,7-10,13-16H2,1-3H3/t18-,19-. The van der Waals surface area contributed by atoms with Gasteiger partial charge in [0.05, 0.1) is 23.2 Å². The quantitative estimate of drug-likeness (QED) is 0.466. The van der Waals surface area contributed by atoms with Crippen LogP contribution in [0.5, 0.6) is 0 Å². The summed E-state index contributed by atoms with van der Waals surface area (Å²) in [6.45, 7) is 3.16. The molecule has 1 saturated carbocycles. The summed E-state index contributed by atoms with van der Waals surface area (Å²) < 4.78 is 76.1. The molecule has 10 heteroatoms. The van der Waals surface area contributed by atoms with Gasteiger partial charge in [-0.3, -0.25) is 0 Å². The highest BCUT2D eigenvalue weighted by Crippen LogP contribution is 2.32. The molecule has 0 unspecified atom stereocenters. The summed E-state index contributed by atoms with van der Waals surface area (Å²) in [6.07, 6.45) is -0.617. The van der Waals surface area contributed by atoms with E-state index in [9.17, 15) is 21.6 Å². The highest BCUT2D eigenvalue weighted by atomic mass is 32.2. The topological polar surface area (TPSA) is 59.1 Å². The molecular weight excluding hydrogens is 433 g/mol. The van der Waals surface area contributed by atoms with Gasteiger partial charge in [0.1, 0.15) is 0 Å². The lowest BCUT2D eigenvalue weighted by Crippen LogP contribution is -2.40. The van der Waals surface area contributed by atoms with E-state index in [0.717, 1.165) is 56.6 Å². The van der Waals surface area contributed by atoms with Crippen LogP contribution >= 0.6 is 0 Å². The SMILES string of the molecule is COCCN(C)CCCO[C@H]1CC[C@H](N(C)S(=O)(=O)c2ccc(C(F)(F)F)cc2)CC1. The minimum atomic E-state index is -4.49. The summed E-state index contributed by atoms with van der Waals surface area (Å²) in [6, 6.07) is 3.46. The number of likely N-dealkylation sites (N-methyl/N-ethyl adjacent to an activating group) is 1. The average Bonchev–Trinajstić information content (AvgIpc) is 2.74. The first kappa shape index (κ1) is 26.1. The highest BCUT2D eigenvalue weighted by Gasteiger charge is 2.34. The van der Waals surface area contributed by atoms with Crippen molar-refractivity contribution in [3.63, 3.8) is 0 Å². The van der Waals surface area contributed by atoms with Crippen LogP contribution in [0, 0.1) is 0 Å². The van der Waals surface area contributed by atoms with Crippen molar-refractivity contribution in [2.45, 2.75) is 55.3 Å². The number of rotatable bonds is 11. The third-order valence-corrected chi connectivity index (χ3v) is 7.66. The molecular formula is C21H33F3N2O4S. The average molecular weight is 467 g/mol. The number of hydrogen-bond acceptors (Lipinski definition) is 5. The molecule has 0 aliphatic heterocycles. The largest absolute Gasteiger partial charge is 0.416 e. The van der Waals surface area contributed by atoms with Gasteiger partial charge in [-0.05, 0) is 63.4 Å². The molecule has 0 amide bonds. The van der Waals surface area contributed by atoms with Crippen molar-refractivity contribution in [1.29, 1.82) is 0 Å². The van der Waals surface area contributed by atoms with Crippen molar-refractivity contribution in [2.24, 2.45) is 0 Å². The van der Waals surface area contributed by atoms with Gasteiger partial charge >= 0.3 is 6.18 Å². The Balaban J connectivity index is 1.80. The van der Waals surface area contributed by atoms with Crippen LogP contribution in [0.25, 0.3) is 0 Å². The fourth-order valence-corrected chi connectivity index (χ4v) is 5.11. The van der Waals surface area contributed by atoms with Gasteiger partial charge in [0.25, 0.3) is 0 Å². The number of halogens is 3. The molecule has 31 heavy (non-hydrogen) atoms. The maximum Gasteiger partial charge on any atom is 0.416 e. The third-order valence-electron chi connectivity index (χ3n) is 5.73. The molecule has 1 aliphatic rings. The summed E-state index contributed by atoms with van der Waals surface area (Å²) in [5.74, 6) is 0. The Kier molecular flexibility index (Phi) is 9.75. The molecule has 0 heterocycles. The Bertz CT molecular complexity index is 764. The zero-order valence-corrected chi connectivity index (χ0v) is 19.2. The van der Waals surface area contributed by atoms with E-state index in [1.807, 2.05) is 7.05 Å². The molecule has 0 atom stereocenters. The van der Waals surface area contributed by atoms with E-state index in [0.29, 0.717) is 26.1 Å². The van der Waals surface area contributed by atoms with Gasteiger partial charge in [-0.15, -0.1) is 0 Å². The zero-order chi connectivity index (χ0) is 23.1. The van der Waals surface area contributed by atoms with Gasteiger partial charge in [0.2, 0.25) is 10.0 Å². The predicted molar refractivity (Wildman–Crippen MR) is 112 cm³/mol. The Morgan fingerprint density at radius 1 is 1.00 bits per heavy atom. The van der Waals surface area contributed by atoms with E-state index < -0.39 is 21.8 Å². The molecule has 0 N–H and O–H groups in total. The van der Waals surface area contributed by atoms with Gasteiger partial charge in [0, 0.05) is 39.9 Å². The summed E-state index contributed by atoms with van der Waals surface area (Å²) in [4.78, 5) is 2.06. The molecule has 0 spiro atoms. The number of sulfonamides is 1. The fraction of sp³-hybridized carbons (Fsp3) is 0.714. The third kappa shape index (κ3) is 7.71. The number of ether oxygens (including phenoxy) is 2. The summed E-state index contributed by atoms with van der Waals surface area (Å²) in [7, 11) is 1.37. The molecule has 1 aromatic rings. The van der Waals surface area contributed by atoms with Crippen molar-refractivity contribution in [1.82, 2.24) is 9.21 Å². The maximum absolute atomic E-state index is 12.8. The number of alkyl halides is 3. The molecule has 6 nitrogen and oxygen atoms in total. The van der Waals surface area contributed by atoms with Gasteiger partial charge in [0.15, 0.2) is 0 Å². The Morgan fingerprint density at radius 3 is 2.16 bits per heavy atom. The zero-order valence-electron chi connectivity index (χ0n) is 18.4. The van der Waals surface area contributed by atoms with E-state index in [1.165, 1.54) is 11.4 Å². The van der Waals surface area contributed by atoms with Crippen LogP contribution in [0.15, 0.2) is 29.2 Å². The molecule has 2 rings (SSSR count). The van der Waals surface area contributed by atoms with Crippen molar-refractivity contribution in [3.05, 3.63) is 29.8 Å². The van der Waals surface area contributed by atoms with Crippen molar-refractivity contribution < 1.29 is 31.1 Å². The number of nitrogens with zero attached hydrogens (tertiary/aromatic N) is 2. The van der Waals surface area contributed by atoms with Crippen LogP contribution in [0.3, 0.4) is 0 Å². The molecule has 0 bridgehead atoms. The Morgan fingerprint density at radius 2 is 1.61 bits per heavy atom. The van der Waals surface area contributed by atoms with Crippen LogP contribution in [-0.4, -0.2) is 77.3 Å². The molecule has 0 saturated heterocycles. The minimum absolute atomic E-state index is 0.114. The maximum atomic E-state index is 12.8. The van der Waals surface area contributed by atoms with E-state index in [-0.39, 0.29) is 17.0 Å². The summed E-state index contributed by atoms with van der Waals surface area (Å²) in [5.41, 5.74) is -0.864. The summed E-state index contributed by atoms with van der Waals surface area (Å²) >= 11 is 0. The smallest absolute Gasteiger partial charge is 0.383 e. The first-order chi connectivity index (χ1) is 14.6. The lowest BCUT2D eigenvalue weighted by Gasteiger charge is -2.34. The number of benzene rings is 1.